The van der Waals surface area contributed by atoms with Crippen molar-refractivity contribution in [2.24, 2.45) is 0 Å². The van der Waals surface area contributed by atoms with Crippen LogP contribution in [0.2, 0.25) is 0 Å². The Morgan fingerprint density at radius 3 is 2.46 bits per heavy atom. The standard InChI is InChI=1S/C18H16N2O2S2/c1-14-19-18(13-23-14)16-9-5-6-10-17(16)20-24(21,22)12-11-15-7-3-2-4-8-15/h2-13,20H,1H3/b12-11+. The van der Waals surface area contributed by atoms with Gasteiger partial charge in [0.2, 0.25) is 0 Å². The predicted octanol–water partition coefficient (Wildman–Crippen LogP) is 4.53. The first-order chi connectivity index (χ1) is 11.5. The molecular weight excluding hydrogens is 340 g/mol. The number of thiazole rings is 1. The van der Waals surface area contributed by atoms with E-state index in [2.05, 4.69) is 9.71 Å². The lowest BCUT2D eigenvalue weighted by Crippen LogP contribution is -2.09. The Kier molecular flexibility index (Phi) is 4.78. The molecular formula is C18H16N2O2S2. The summed E-state index contributed by atoms with van der Waals surface area (Å²) in [6.07, 6.45) is 1.57. The summed E-state index contributed by atoms with van der Waals surface area (Å²) in [5.74, 6) is 0. The van der Waals surface area contributed by atoms with Gasteiger partial charge in [0.1, 0.15) is 0 Å². The van der Waals surface area contributed by atoms with E-state index in [1.807, 2.05) is 54.8 Å². The molecule has 4 nitrogen and oxygen atoms in total. The summed E-state index contributed by atoms with van der Waals surface area (Å²) in [7, 11) is -3.61. The first-order valence-electron chi connectivity index (χ1n) is 7.31. The zero-order valence-corrected chi connectivity index (χ0v) is 14.6. The molecule has 0 saturated heterocycles. The molecule has 0 bridgehead atoms. The van der Waals surface area contributed by atoms with Crippen molar-refractivity contribution in [2.75, 3.05) is 4.72 Å². The third-order valence-electron chi connectivity index (χ3n) is 3.31. The molecule has 0 aliphatic carbocycles. The summed E-state index contributed by atoms with van der Waals surface area (Å²) in [6.45, 7) is 1.92. The SMILES string of the molecule is Cc1nc(-c2ccccc2NS(=O)(=O)/C=C/c2ccccc2)cs1. The second-order valence-corrected chi connectivity index (χ2v) is 7.79. The van der Waals surface area contributed by atoms with Crippen molar-refractivity contribution in [1.29, 1.82) is 0 Å². The molecule has 3 aromatic rings. The van der Waals surface area contributed by atoms with E-state index in [0.717, 1.165) is 21.8 Å². The average Bonchev–Trinajstić information content (AvgIpc) is 3.00. The molecule has 0 aliphatic heterocycles. The first-order valence-corrected chi connectivity index (χ1v) is 9.73. The number of hydrogen-bond donors (Lipinski definition) is 1. The average molecular weight is 356 g/mol. The van der Waals surface area contributed by atoms with Gasteiger partial charge in [-0.15, -0.1) is 11.3 Å². The van der Waals surface area contributed by atoms with Crippen LogP contribution < -0.4 is 4.72 Å². The summed E-state index contributed by atoms with van der Waals surface area (Å²) >= 11 is 1.53. The van der Waals surface area contributed by atoms with Gasteiger partial charge in [0.25, 0.3) is 10.0 Å². The predicted molar refractivity (Wildman–Crippen MR) is 100 cm³/mol. The molecule has 24 heavy (non-hydrogen) atoms. The van der Waals surface area contributed by atoms with Gasteiger partial charge in [-0.3, -0.25) is 4.72 Å². The third kappa shape index (κ3) is 4.10. The van der Waals surface area contributed by atoms with E-state index in [1.54, 1.807) is 18.2 Å². The fourth-order valence-corrected chi connectivity index (χ4v) is 3.70. The molecule has 122 valence electrons. The summed E-state index contributed by atoms with van der Waals surface area (Å²) in [5, 5.41) is 4.03. The van der Waals surface area contributed by atoms with Crippen molar-refractivity contribution >= 4 is 33.1 Å². The highest BCUT2D eigenvalue weighted by molar-refractivity contribution is 7.95. The summed E-state index contributed by atoms with van der Waals surface area (Å²) < 4.78 is 27.3. The van der Waals surface area contributed by atoms with Gasteiger partial charge in [-0.2, -0.15) is 0 Å². The topological polar surface area (TPSA) is 59.1 Å². The van der Waals surface area contributed by atoms with Gasteiger partial charge in [-0.05, 0) is 24.6 Å². The maximum absolute atomic E-state index is 12.3. The number of nitrogens with one attached hydrogen (secondary N) is 1. The molecule has 0 radical (unpaired) electrons. The summed E-state index contributed by atoms with van der Waals surface area (Å²) in [5.41, 5.74) is 2.87. The van der Waals surface area contributed by atoms with Crippen LogP contribution in [0.15, 0.2) is 65.4 Å². The zero-order chi connectivity index (χ0) is 17.0. The minimum Gasteiger partial charge on any atom is -0.279 e. The van der Waals surface area contributed by atoms with Gasteiger partial charge < -0.3 is 0 Å². The normalized spacial score (nSPS) is 11.7. The molecule has 0 aliphatic rings. The minimum absolute atomic E-state index is 0.514. The van der Waals surface area contributed by atoms with Crippen LogP contribution in [0.1, 0.15) is 10.6 Å². The maximum atomic E-state index is 12.3. The molecule has 0 amide bonds. The lowest BCUT2D eigenvalue weighted by atomic mass is 10.1. The Morgan fingerprint density at radius 1 is 1.04 bits per heavy atom. The Morgan fingerprint density at radius 2 is 1.75 bits per heavy atom. The number of nitrogens with zero attached hydrogens (tertiary/aromatic N) is 1. The van der Waals surface area contributed by atoms with Crippen LogP contribution in [0.3, 0.4) is 0 Å². The van der Waals surface area contributed by atoms with Gasteiger partial charge in [0.15, 0.2) is 0 Å². The number of anilines is 1. The fraction of sp³-hybridized carbons (Fsp3) is 0.0556. The van der Waals surface area contributed by atoms with Crippen LogP contribution in [0.5, 0.6) is 0 Å². The highest BCUT2D eigenvalue weighted by Gasteiger charge is 2.12. The smallest absolute Gasteiger partial charge is 0.255 e. The third-order valence-corrected chi connectivity index (χ3v) is 5.09. The van der Waals surface area contributed by atoms with E-state index in [9.17, 15) is 8.42 Å². The van der Waals surface area contributed by atoms with Crippen LogP contribution in [0, 0.1) is 6.92 Å². The Hall–Kier alpha value is -2.44. The molecule has 1 N–H and O–H groups in total. The first kappa shape index (κ1) is 16.4. The van der Waals surface area contributed by atoms with Gasteiger partial charge in [-0.1, -0.05) is 48.5 Å². The molecule has 6 heteroatoms. The zero-order valence-electron chi connectivity index (χ0n) is 13.0. The lowest BCUT2D eigenvalue weighted by molar-refractivity contribution is 0.609. The summed E-state index contributed by atoms with van der Waals surface area (Å²) in [6, 6.07) is 16.5. The quantitative estimate of drug-likeness (QED) is 0.730. The molecule has 0 spiro atoms. The molecule has 0 unspecified atom stereocenters. The largest absolute Gasteiger partial charge is 0.279 e. The molecule has 3 rings (SSSR count). The number of aryl methyl sites for hydroxylation is 1. The molecule has 1 heterocycles. The number of rotatable bonds is 5. The maximum Gasteiger partial charge on any atom is 0.255 e. The van der Waals surface area contributed by atoms with Crippen LogP contribution in [0.4, 0.5) is 5.69 Å². The van der Waals surface area contributed by atoms with Crippen molar-refractivity contribution in [3.63, 3.8) is 0 Å². The van der Waals surface area contributed by atoms with E-state index in [1.165, 1.54) is 16.7 Å². The number of aromatic nitrogens is 1. The van der Waals surface area contributed by atoms with E-state index < -0.39 is 10.0 Å². The Balaban J connectivity index is 1.87. The summed E-state index contributed by atoms with van der Waals surface area (Å²) in [4.78, 5) is 4.43. The highest BCUT2D eigenvalue weighted by atomic mass is 32.2. The molecule has 2 aromatic carbocycles. The lowest BCUT2D eigenvalue weighted by Gasteiger charge is -2.09. The Labute approximate surface area is 145 Å². The van der Waals surface area contributed by atoms with E-state index >= 15 is 0 Å². The molecule has 0 atom stereocenters. The number of hydrogen-bond acceptors (Lipinski definition) is 4. The van der Waals surface area contributed by atoms with Crippen molar-refractivity contribution in [3.05, 3.63) is 76.0 Å². The molecule has 0 saturated carbocycles. The second kappa shape index (κ2) is 6.98. The highest BCUT2D eigenvalue weighted by Crippen LogP contribution is 2.29. The van der Waals surface area contributed by atoms with Crippen LogP contribution >= 0.6 is 11.3 Å². The van der Waals surface area contributed by atoms with Crippen molar-refractivity contribution < 1.29 is 8.42 Å². The minimum atomic E-state index is -3.61. The van der Waals surface area contributed by atoms with Crippen LogP contribution in [0.25, 0.3) is 17.3 Å². The van der Waals surface area contributed by atoms with Gasteiger partial charge in [-0.25, -0.2) is 13.4 Å². The number of sulfonamides is 1. The number of para-hydroxylation sites is 1. The van der Waals surface area contributed by atoms with Crippen molar-refractivity contribution in [1.82, 2.24) is 4.98 Å². The molecule has 0 fully saturated rings. The van der Waals surface area contributed by atoms with Gasteiger partial charge in [0, 0.05) is 10.9 Å². The fourth-order valence-electron chi connectivity index (χ4n) is 2.20. The van der Waals surface area contributed by atoms with Crippen molar-refractivity contribution in [3.8, 4) is 11.3 Å². The Bertz CT molecular complexity index is 961. The van der Waals surface area contributed by atoms with E-state index in [0.29, 0.717) is 5.69 Å². The second-order valence-electron chi connectivity index (χ2n) is 5.16. The van der Waals surface area contributed by atoms with Crippen molar-refractivity contribution in [2.45, 2.75) is 6.92 Å². The monoisotopic (exact) mass is 356 g/mol. The van der Waals surface area contributed by atoms with E-state index in [4.69, 9.17) is 0 Å². The van der Waals surface area contributed by atoms with E-state index in [-0.39, 0.29) is 0 Å². The number of benzene rings is 2. The van der Waals surface area contributed by atoms with Crippen LogP contribution in [-0.4, -0.2) is 13.4 Å². The van der Waals surface area contributed by atoms with Gasteiger partial charge in [0.05, 0.1) is 21.8 Å². The van der Waals surface area contributed by atoms with Crippen LogP contribution in [-0.2, 0) is 10.0 Å². The molecule has 1 aromatic heterocycles. The van der Waals surface area contributed by atoms with Gasteiger partial charge >= 0.3 is 0 Å².